The Kier molecular flexibility index (Phi) is 10.1. The maximum absolute atomic E-state index is 12.3. The van der Waals surface area contributed by atoms with Gasteiger partial charge in [-0.05, 0) is 6.92 Å². The van der Waals surface area contributed by atoms with Crippen molar-refractivity contribution in [3.8, 4) is 0 Å². The highest BCUT2D eigenvalue weighted by molar-refractivity contribution is 5.96. The van der Waals surface area contributed by atoms with E-state index in [9.17, 15) is 28.8 Å². The van der Waals surface area contributed by atoms with Gasteiger partial charge in [-0.2, -0.15) is 0 Å². The van der Waals surface area contributed by atoms with Crippen molar-refractivity contribution in [2.75, 3.05) is 6.61 Å². The van der Waals surface area contributed by atoms with Crippen molar-refractivity contribution < 1.29 is 39.0 Å². The molecule has 0 saturated carbocycles. The van der Waals surface area contributed by atoms with Crippen LogP contribution in [-0.4, -0.2) is 76.5 Å². The summed E-state index contributed by atoms with van der Waals surface area (Å²) in [6.45, 7) is 0.325. The topological polar surface area (TPSA) is 257 Å². The fourth-order valence-electron chi connectivity index (χ4n) is 1.86. The second-order valence-corrected chi connectivity index (χ2v) is 5.82. The van der Waals surface area contributed by atoms with Crippen LogP contribution in [-0.2, 0) is 28.8 Å². The monoisotopic (exact) mass is 404 g/mol. The van der Waals surface area contributed by atoms with Crippen LogP contribution in [0.25, 0.3) is 0 Å². The predicted octanol–water partition coefficient (Wildman–Crippen LogP) is -5.38. The molecule has 0 aromatic heterocycles. The lowest BCUT2D eigenvalue weighted by atomic mass is 10.1. The molecule has 5 amide bonds. The number of primary amides is 2. The number of hydrogen-bond acceptors (Lipinski definition) is 8. The molecule has 158 valence electrons. The minimum Gasteiger partial charge on any atom is -0.480 e. The summed E-state index contributed by atoms with van der Waals surface area (Å²) in [6, 6.07) is -5.75. The molecule has 0 bridgehead atoms. The first-order valence-corrected chi connectivity index (χ1v) is 7.96. The number of aliphatic carboxylic acids is 1. The van der Waals surface area contributed by atoms with Crippen molar-refractivity contribution in [1.29, 1.82) is 0 Å². The Morgan fingerprint density at radius 2 is 1.32 bits per heavy atom. The summed E-state index contributed by atoms with van der Waals surface area (Å²) in [7, 11) is 0. The zero-order valence-electron chi connectivity index (χ0n) is 15.0. The van der Waals surface area contributed by atoms with Crippen LogP contribution in [0.5, 0.6) is 0 Å². The number of carboxylic acids is 1. The van der Waals surface area contributed by atoms with Gasteiger partial charge in [0.15, 0.2) is 0 Å². The molecule has 0 heterocycles. The lowest BCUT2D eigenvalue weighted by molar-refractivity contribution is -0.143. The Morgan fingerprint density at radius 1 is 0.821 bits per heavy atom. The molecule has 4 unspecified atom stereocenters. The predicted molar refractivity (Wildman–Crippen MR) is 91.8 cm³/mol. The van der Waals surface area contributed by atoms with Crippen LogP contribution >= 0.6 is 0 Å². The SMILES string of the molecule is CC(NC(=O)C(CC(N)=O)NC(=O)C(N)CC(N)=O)C(=O)NC(CO)C(=O)O. The Bertz CT molecular complexity index is 639. The van der Waals surface area contributed by atoms with E-state index in [2.05, 4.69) is 10.6 Å². The van der Waals surface area contributed by atoms with Gasteiger partial charge in [-0.15, -0.1) is 0 Å². The molecule has 0 aromatic carbocycles. The minimum atomic E-state index is -1.58. The highest BCUT2D eigenvalue weighted by atomic mass is 16.4. The van der Waals surface area contributed by atoms with Gasteiger partial charge in [0.2, 0.25) is 29.5 Å². The van der Waals surface area contributed by atoms with Gasteiger partial charge in [0.1, 0.15) is 18.1 Å². The quantitative estimate of drug-likeness (QED) is 0.154. The molecule has 0 rings (SSSR count). The first-order chi connectivity index (χ1) is 12.9. The lowest BCUT2D eigenvalue weighted by Gasteiger charge is -2.22. The first kappa shape index (κ1) is 24.7. The van der Waals surface area contributed by atoms with Gasteiger partial charge in [0, 0.05) is 0 Å². The maximum Gasteiger partial charge on any atom is 0.328 e. The van der Waals surface area contributed by atoms with E-state index in [1.807, 2.05) is 5.32 Å². The number of amides is 5. The number of nitrogens with one attached hydrogen (secondary N) is 3. The molecule has 0 aliphatic rings. The summed E-state index contributed by atoms with van der Waals surface area (Å²) in [5, 5.41) is 23.9. The number of carboxylic acid groups (broad SMARTS) is 1. The summed E-state index contributed by atoms with van der Waals surface area (Å²) in [5.41, 5.74) is 15.4. The van der Waals surface area contributed by atoms with Crippen LogP contribution in [0.3, 0.4) is 0 Å². The van der Waals surface area contributed by atoms with Gasteiger partial charge in [-0.3, -0.25) is 24.0 Å². The van der Waals surface area contributed by atoms with Crippen LogP contribution in [0.1, 0.15) is 19.8 Å². The van der Waals surface area contributed by atoms with Crippen molar-refractivity contribution in [2.24, 2.45) is 17.2 Å². The Labute approximate surface area is 159 Å². The van der Waals surface area contributed by atoms with E-state index >= 15 is 0 Å². The van der Waals surface area contributed by atoms with E-state index < -0.39 is 79.1 Å². The summed E-state index contributed by atoms with van der Waals surface area (Å²) >= 11 is 0. The Hall–Kier alpha value is -3.26. The highest BCUT2D eigenvalue weighted by Gasteiger charge is 2.29. The Balaban J connectivity index is 5.03. The minimum absolute atomic E-state index is 0.507. The number of nitrogens with two attached hydrogens (primary N) is 3. The largest absolute Gasteiger partial charge is 0.480 e. The second kappa shape index (κ2) is 11.5. The summed E-state index contributed by atoms with van der Waals surface area (Å²) < 4.78 is 0. The fraction of sp³-hybridized carbons (Fsp3) is 0.571. The molecule has 0 aliphatic carbocycles. The summed E-state index contributed by atoms with van der Waals surface area (Å²) in [4.78, 5) is 68.8. The van der Waals surface area contributed by atoms with E-state index in [1.165, 1.54) is 6.92 Å². The second-order valence-electron chi connectivity index (χ2n) is 5.82. The molecule has 0 aliphatic heterocycles. The van der Waals surface area contributed by atoms with Crippen LogP contribution in [0, 0.1) is 0 Å². The van der Waals surface area contributed by atoms with Gasteiger partial charge in [0.25, 0.3) is 0 Å². The maximum atomic E-state index is 12.3. The highest BCUT2D eigenvalue weighted by Crippen LogP contribution is 1.97. The van der Waals surface area contributed by atoms with E-state index in [0.29, 0.717) is 0 Å². The zero-order chi connectivity index (χ0) is 22.0. The van der Waals surface area contributed by atoms with Crippen molar-refractivity contribution in [3.05, 3.63) is 0 Å². The lowest BCUT2D eigenvalue weighted by Crippen LogP contribution is -2.57. The smallest absolute Gasteiger partial charge is 0.328 e. The number of rotatable bonds is 12. The van der Waals surface area contributed by atoms with Crippen molar-refractivity contribution in [1.82, 2.24) is 16.0 Å². The third-order valence-corrected chi connectivity index (χ3v) is 3.35. The van der Waals surface area contributed by atoms with E-state index in [0.717, 1.165) is 0 Å². The van der Waals surface area contributed by atoms with Crippen molar-refractivity contribution >= 4 is 35.5 Å². The number of aliphatic hydroxyl groups excluding tert-OH is 1. The molecular weight excluding hydrogens is 380 g/mol. The first-order valence-electron chi connectivity index (χ1n) is 7.96. The zero-order valence-corrected chi connectivity index (χ0v) is 15.0. The van der Waals surface area contributed by atoms with Gasteiger partial charge in [0.05, 0.1) is 25.5 Å². The number of aliphatic hydroxyl groups is 1. The standard InChI is InChI=1S/C14H24N6O8/c1-5(11(24)20-8(4-21)14(27)28)18-13(26)7(3-10(17)23)19-12(25)6(15)2-9(16)22/h5-8,21H,2-4,15H2,1H3,(H2,16,22)(H2,17,23)(H,18,26)(H,19,25)(H,20,24)(H,27,28). The molecule has 14 nitrogen and oxygen atoms in total. The van der Waals surface area contributed by atoms with Gasteiger partial charge in [-0.1, -0.05) is 0 Å². The van der Waals surface area contributed by atoms with E-state index in [-0.39, 0.29) is 0 Å². The molecular formula is C14H24N6O8. The van der Waals surface area contributed by atoms with E-state index in [4.69, 9.17) is 27.4 Å². The van der Waals surface area contributed by atoms with Crippen molar-refractivity contribution in [2.45, 2.75) is 43.9 Å². The van der Waals surface area contributed by atoms with Gasteiger partial charge >= 0.3 is 5.97 Å². The number of carbonyl (C=O) groups excluding carboxylic acids is 5. The van der Waals surface area contributed by atoms with Crippen LogP contribution in [0.4, 0.5) is 0 Å². The van der Waals surface area contributed by atoms with Gasteiger partial charge in [-0.25, -0.2) is 4.79 Å². The molecule has 0 fully saturated rings. The molecule has 4 atom stereocenters. The summed E-state index contributed by atoms with van der Waals surface area (Å²) in [5.74, 6) is -6.19. The van der Waals surface area contributed by atoms with E-state index in [1.54, 1.807) is 0 Å². The molecule has 28 heavy (non-hydrogen) atoms. The normalized spacial score (nSPS) is 14.7. The molecule has 0 spiro atoms. The molecule has 0 radical (unpaired) electrons. The third-order valence-electron chi connectivity index (χ3n) is 3.35. The average Bonchev–Trinajstić information content (AvgIpc) is 2.57. The average molecular weight is 404 g/mol. The molecule has 11 N–H and O–H groups in total. The molecule has 0 aromatic rings. The molecule has 0 saturated heterocycles. The van der Waals surface area contributed by atoms with Gasteiger partial charge < -0.3 is 43.4 Å². The number of hydrogen-bond donors (Lipinski definition) is 8. The van der Waals surface area contributed by atoms with Crippen LogP contribution < -0.4 is 33.2 Å². The summed E-state index contributed by atoms with van der Waals surface area (Å²) in [6.07, 6.45) is -1.14. The fourth-order valence-corrected chi connectivity index (χ4v) is 1.86. The molecule has 14 heteroatoms. The number of carbonyl (C=O) groups is 6. The Morgan fingerprint density at radius 3 is 1.75 bits per heavy atom. The third kappa shape index (κ3) is 8.91. The van der Waals surface area contributed by atoms with Crippen molar-refractivity contribution in [3.63, 3.8) is 0 Å². The van der Waals surface area contributed by atoms with Crippen LogP contribution in [0.2, 0.25) is 0 Å². The van der Waals surface area contributed by atoms with Crippen LogP contribution in [0.15, 0.2) is 0 Å².